The van der Waals surface area contributed by atoms with Crippen molar-refractivity contribution in [3.05, 3.63) is 60.2 Å². The lowest BCUT2D eigenvalue weighted by Gasteiger charge is -2.12. The molecule has 0 aliphatic carbocycles. The van der Waals surface area contributed by atoms with E-state index in [1.165, 1.54) is 0 Å². The normalized spacial score (nSPS) is 11.7. The van der Waals surface area contributed by atoms with E-state index in [-0.39, 0.29) is 11.2 Å². The van der Waals surface area contributed by atoms with Gasteiger partial charge < -0.3 is 10.1 Å². The summed E-state index contributed by atoms with van der Waals surface area (Å²) in [5.74, 6) is 0.859. The number of methoxy groups -OCH3 is 1. The molecule has 3 nitrogen and oxygen atoms in total. The van der Waals surface area contributed by atoms with Crippen LogP contribution in [0.5, 0.6) is 5.75 Å². The topological polar surface area (TPSA) is 38.3 Å². The Morgan fingerprint density at radius 3 is 2.43 bits per heavy atom. The molecule has 0 heterocycles. The minimum absolute atomic E-state index is 0.0414. The van der Waals surface area contributed by atoms with E-state index in [1.54, 1.807) is 18.9 Å². The number of ether oxygens (including phenoxy) is 1. The maximum absolute atomic E-state index is 12.1. The van der Waals surface area contributed by atoms with Gasteiger partial charge in [-0.05, 0) is 36.8 Å². The largest absolute Gasteiger partial charge is 0.497 e. The number of rotatable bonds is 6. The maximum atomic E-state index is 12.1. The summed E-state index contributed by atoms with van der Waals surface area (Å²) < 4.78 is 5.11. The van der Waals surface area contributed by atoms with Crippen LogP contribution in [0.1, 0.15) is 12.5 Å². The number of nitrogens with one attached hydrogen (secondary N) is 1. The minimum atomic E-state index is -0.120. The number of hydrogen-bond acceptors (Lipinski definition) is 3. The van der Waals surface area contributed by atoms with Crippen molar-refractivity contribution in [2.45, 2.75) is 23.6 Å². The zero-order valence-electron chi connectivity index (χ0n) is 12.2. The van der Waals surface area contributed by atoms with Crippen LogP contribution in [-0.4, -0.2) is 18.3 Å². The van der Waals surface area contributed by atoms with Gasteiger partial charge in [-0.1, -0.05) is 30.3 Å². The summed E-state index contributed by atoms with van der Waals surface area (Å²) in [6, 6.07) is 17.6. The third-order valence-corrected chi connectivity index (χ3v) is 4.16. The average molecular weight is 301 g/mol. The molecule has 0 spiro atoms. The molecule has 1 atom stereocenters. The molecule has 0 saturated carbocycles. The Morgan fingerprint density at radius 1 is 1.14 bits per heavy atom. The molecular formula is C17H19NO2S. The molecule has 2 rings (SSSR count). The molecule has 2 aromatic rings. The van der Waals surface area contributed by atoms with Gasteiger partial charge in [-0.3, -0.25) is 4.79 Å². The molecule has 4 heteroatoms. The van der Waals surface area contributed by atoms with Crippen LogP contribution in [0.25, 0.3) is 0 Å². The molecule has 0 bridgehead atoms. The van der Waals surface area contributed by atoms with Crippen LogP contribution in [0.15, 0.2) is 59.5 Å². The van der Waals surface area contributed by atoms with Crippen molar-refractivity contribution >= 4 is 17.7 Å². The van der Waals surface area contributed by atoms with Crippen molar-refractivity contribution in [1.29, 1.82) is 0 Å². The summed E-state index contributed by atoms with van der Waals surface area (Å²) in [5.41, 5.74) is 1.06. The number of hydrogen-bond donors (Lipinski definition) is 1. The van der Waals surface area contributed by atoms with Crippen molar-refractivity contribution in [3.8, 4) is 5.75 Å². The average Bonchev–Trinajstić information content (AvgIpc) is 2.54. The number of carbonyl (C=O) groups is 1. The minimum Gasteiger partial charge on any atom is -0.497 e. The Balaban J connectivity index is 1.83. The van der Waals surface area contributed by atoms with Crippen LogP contribution < -0.4 is 10.1 Å². The second-order valence-corrected chi connectivity index (χ2v) is 6.05. The van der Waals surface area contributed by atoms with Crippen molar-refractivity contribution < 1.29 is 9.53 Å². The standard InChI is InChI=1S/C17H19NO2S/c1-13(21-16-6-4-3-5-7-16)17(19)18-12-14-8-10-15(20-2)11-9-14/h3-11,13H,12H2,1-2H3,(H,18,19)/t13-/m0/s1. The number of thioether (sulfide) groups is 1. The molecule has 0 saturated heterocycles. The van der Waals surface area contributed by atoms with E-state index in [0.29, 0.717) is 6.54 Å². The molecule has 0 aliphatic heterocycles. The summed E-state index contributed by atoms with van der Waals surface area (Å²) in [7, 11) is 1.64. The lowest BCUT2D eigenvalue weighted by molar-refractivity contribution is -0.120. The molecule has 0 radical (unpaired) electrons. The second kappa shape index (κ2) is 7.74. The Bertz CT molecular complexity index is 569. The molecule has 0 fully saturated rings. The van der Waals surface area contributed by atoms with Crippen molar-refractivity contribution in [2.24, 2.45) is 0 Å². The van der Waals surface area contributed by atoms with Gasteiger partial charge in [0.15, 0.2) is 0 Å². The zero-order chi connectivity index (χ0) is 15.1. The van der Waals surface area contributed by atoms with E-state index >= 15 is 0 Å². The molecular weight excluding hydrogens is 282 g/mol. The van der Waals surface area contributed by atoms with Crippen LogP contribution in [0.4, 0.5) is 0 Å². The van der Waals surface area contributed by atoms with Crippen LogP contribution in [-0.2, 0) is 11.3 Å². The Labute approximate surface area is 129 Å². The predicted octanol–water partition coefficient (Wildman–Crippen LogP) is 3.49. The monoisotopic (exact) mass is 301 g/mol. The zero-order valence-corrected chi connectivity index (χ0v) is 13.0. The SMILES string of the molecule is COc1ccc(CNC(=O)[C@H](C)Sc2ccccc2)cc1. The van der Waals surface area contributed by atoms with Crippen LogP contribution in [0.2, 0.25) is 0 Å². The Morgan fingerprint density at radius 2 is 1.81 bits per heavy atom. The number of carbonyl (C=O) groups excluding carboxylic acids is 1. The van der Waals surface area contributed by atoms with Gasteiger partial charge in [-0.15, -0.1) is 11.8 Å². The smallest absolute Gasteiger partial charge is 0.233 e. The van der Waals surface area contributed by atoms with Crippen LogP contribution >= 0.6 is 11.8 Å². The van der Waals surface area contributed by atoms with E-state index in [1.807, 2.05) is 61.5 Å². The van der Waals surface area contributed by atoms with Crippen LogP contribution in [0.3, 0.4) is 0 Å². The van der Waals surface area contributed by atoms with E-state index in [2.05, 4.69) is 5.32 Å². The van der Waals surface area contributed by atoms with E-state index < -0.39 is 0 Å². The third-order valence-electron chi connectivity index (χ3n) is 3.05. The summed E-state index contributed by atoms with van der Waals surface area (Å²) in [4.78, 5) is 13.2. The van der Waals surface area contributed by atoms with Gasteiger partial charge >= 0.3 is 0 Å². The Kier molecular flexibility index (Phi) is 5.69. The predicted molar refractivity (Wildman–Crippen MR) is 86.6 cm³/mol. The van der Waals surface area contributed by atoms with Gasteiger partial charge in [0, 0.05) is 11.4 Å². The highest BCUT2D eigenvalue weighted by atomic mass is 32.2. The molecule has 1 amide bonds. The summed E-state index contributed by atoms with van der Waals surface area (Å²) in [5, 5.41) is 2.84. The fourth-order valence-corrected chi connectivity index (χ4v) is 2.75. The molecule has 0 aliphatic rings. The molecule has 21 heavy (non-hydrogen) atoms. The van der Waals surface area contributed by atoms with Crippen molar-refractivity contribution in [1.82, 2.24) is 5.32 Å². The summed E-state index contributed by atoms with van der Waals surface area (Å²) in [6.07, 6.45) is 0. The first-order valence-electron chi connectivity index (χ1n) is 6.81. The van der Waals surface area contributed by atoms with Crippen LogP contribution in [0, 0.1) is 0 Å². The van der Waals surface area contributed by atoms with Crippen molar-refractivity contribution in [2.75, 3.05) is 7.11 Å². The molecule has 1 N–H and O–H groups in total. The Hall–Kier alpha value is -1.94. The van der Waals surface area contributed by atoms with Gasteiger partial charge in [0.1, 0.15) is 5.75 Å². The highest BCUT2D eigenvalue weighted by Gasteiger charge is 2.13. The highest BCUT2D eigenvalue weighted by Crippen LogP contribution is 2.22. The van der Waals surface area contributed by atoms with E-state index in [4.69, 9.17) is 4.74 Å². The highest BCUT2D eigenvalue weighted by molar-refractivity contribution is 8.00. The first kappa shape index (κ1) is 15.4. The van der Waals surface area contributed by atoms with Crippen molar-refractivity contribution in [3.63, 3.8) is 0 Å². The second-order valence-electron chi connectivity index (χ2n) is 4.64. The number of amides is 1. The molecule has 0 unspecified atom stereocenters. The van der Waals surface area contributed by atoms with Gasteiger partial charge in [-0.25, -0.2) is 0 Å². The third kappa shape index (κ3) is 4.83. The van der Waals surface area contributed by atoms with Gasteiger partial charge in [0.05, 0.1) is 12.4 Å². The maximum Gasteiger partial charge on any atom is 0.233 e. The van der Waals surface area contributed by atoms with E-state index in [0.717, 1.165) is 16.2 Å². The quantitative estimate of drug-likeness (QED) is 0.830. The lowest BCUT2D eigenvalue weighted by atomic mass is 10.2. The molecule has 110 valence electrons. The van der Waals surface area contributed by atoms with Gasteiger partial charge in [0.2, 0.25) is 5.91 Å². The van der Waals surface area contributed by atoms with Gasteiger partial charge in [0.25, 0.3) is 0 Å². The first-order chi connectivity index (χ1) is 10.2. The molecule has 2 aromatic carbocycles. The number of benzene rings is 2. The lowest BCUT2D eigenvalue weighted by Crippen LogP contribution is -2.30. The van der Waals surface area contributed by atoms with E-state index in [9.17, 15) is 4.79 Å². The first-order valence-corrected chi connectivity index (χ1v) is 7.69. The molecule has 0 aromatic heterocycles. The summed E-state index contributed by atoms with van der Waals surface area (Å²) in [6.45, 7) is 2.45. The fourth-order valence-electron chi connectivity index (χ4n) is 1.83. The van der Waals surface area contributed by atoms with Gasteiger partial charge in [-0.2, -0.15) is 0 Å². The fraction of sp³-hybridized carbons (Fsp3) is 0.235. The summed E-state index contributed by atoms with van der Waals surface area (Å²) >= 11 is 1.56.